The maximum absolute atomic E-state index is 14.9. The zero-order valence-corrected chi connectivity index (χ0v) is 40.0. The number of amides is 2. The van der Waals surface area contributed by atoms with Crippen LogP contribution in [-0.2, 0) is 43.2 Å². The van der Waals surface area contributed by atoms with Gasteiger partial charge in [0.1, 0.15) is 17.7 Å². The average Bonchev–Trinajstić information content (AvgIpc) is 3.60. The zero-order chi connectivity index (χ0) is 48.4. The van der Waals surface area contributed by atoms with Crippen molar-refractivity contribution in [2.45, 2.75) is 117 Å². The first-order valence-electron chi connectivity index (χ1n) is 23.4. The van der Waals surface area contributed by atoms with Gasteiger partial charge in [0.2, 0.25) is 0 Å². The highest BCUT2D eigenvalue weighted by atomic mass is 19.3. The number of rotatable bonds is 15. The van der Waals surface area contributed by atoms with Crippen LogP contribution in [0.5, 0.6) is 0 Å². The number of ether oxygens (including phenoxy) is 3. The van der Waals surface area contributed by atoms with E-state index in [1.165, 1.54) is 17.1 Å². The molecule has 67 heavy (non-hydrogen) atoms. The van der Waals surface area contributed by atoms with Gasteiger partial charge in [-0.25, -0.2) is 19.0 Å². The lowest BCUT2D eigenvalue weighted by atomic mass is 9.84. The summed E-state index contributed by atoms with van der Waals surface area (Å²) in [5, 5.41) is 25.1. The third-order valence-corrected chi connectivity index (χ3v) is 13.0. The molecule has 0 aliphatic carbocycles. The van der Waals surface area contributed by atoms with Crippen molar-refractivity contribution in [3.8, 4) is 22.4 Å². The molecule has 3 aliphatic rings. The molecule has 5 heterocycles. The number of nitrogens with zero attached hydrogens (tertiary/aromatic N) is 5. The summed E-state index contributed by atoms with van der Waals surface area (Å²) in [4.78, 5) is 49.1. The number of pyridine rings is 1. The minimum Gasteiger partial charge on any atom is -0.480 e. The number of aryl methyl sites for hydroxylation is 1. The number of carboxylic acids is 1. The van der Waals surface area contributed by atoms with Crippen LogP contribution in [0.4, 0.5) is 19.3 Å². The van der Waals surface area contributed by atoms with Crippen molar-refractivity contribution in [1.82, 2.24) is 30.2 Å². The number of aliphatic hydroxyl groups excluding tert-OH is 1. The fraction of sp³-hybridized carbons (Fsp3) is 0.560. The summed E-state index contributed by atoms with van der Waals surface area (Å²) < 4.78 is 49.3. The number of anilines is 1. The molecule has 2 amide bonds. The Hall–Kier alpha value is -5.20. The van der Waals surface area contributed by atoms with Gasteiger partial charge in [0.25, 0.3) is 12.3 Å². The second kappa shape index (κ2) is 20.6. The van der Waals surface area contributed by atoms with E-state index < -0.39 is 47.5 Å². The molecule has 3 aliphatic heterocycles. The highest BCUT2D eigenvalue weighted by molar-refractivity contribution is 5.96. The standard InChI is InChI=1S/C50H67F2N7O8/c1-9-58-42-13-12-32(33-19-31(20-34(22-33)45(51)52)21-41(54-48(64)67-49(3,4)5)46(61)59-14-10-11-40(55-59)47(62)63)23-37(42)39(25-50(6,7)29-60)44(58)38-24-35(26-53-43(38)30(2)65-8)57-16-15-56-17-18-66-28-36(56)27-57/h12-13,19-20,22-24,26,30,36,40-41,45,55,60H,9-11,14-18,21,25,27-29H2,1-8H3,(H,54,64)(H,62,63)/t30-,36-,40-,41-/m0/s1. The number of hydrogen-bond acceptors (Lipinski definition) is 11. The number of piperazine rings is 1. The van der Waals surface area contributed by atoms with Crippen molar-refractivity contribution in [1.29, 1.82) is 0 Å². The van der Waals surface area contributed by atoms with Crippen molar-refractivity contribution >= 4 is 34.6 Å². The van der Waals surface area contributed by atoms with Crippen LogP contribution < -0.4 is 15.6 Å². The number of aliphatic carboxylic acids is 1. The van der Waals surface area contributed by atoms with E-state index in [1.54, 1.807) is 33.9 Å². The molecule has 2 aromatic heterocycles. The molecule has 0 spiro atoms. The number of carboxylic acid groups (broad SMARTS) is 1. The molecule has 4 N–H and O–H groups in total. The predicted molar refractivity (Wildman–Crippen MR) is 252 cm³/mol. The summed E-state index contributed by atoms with van der Waals surface area (Å²) in [6.07, 6.45) is -1.18. The van der Waals surface area contributed by atoms with Crippen LogP contribution in [0.15, 0.2) is 48.7 Å². The van der Waals surface area contributed by atoms with Gasteiger partial charge in [0.05, 0.1) is 48.6 Å². The van der Waals surface area contributed by atoms with Gasteiger partial charge in [-0.15, -0.1) is 0 Å². The number of hydrogen-bond donors (Lipinski definition) is 4. The number of benzene rings is 2. The molecule has 364 valence electrons. The number of alkyl carbamates (subject to hydrolysis) is 1. The highest BCUT2D eigenvalue weighted by Gasteiger charge is 2.35. The Bertz CT molecular complexity index is 2440. The van der Waals surface area contributed by atoms with E-state index in [-0.39, 0.29) is 37.3 Å². The van der Waals surface area contributed by atoms with Crippen molar-refractivity contribution in [2.24, 2.45) is 5.41 Å². The van der Waals surface area contributed by atoms with E-state index in [9.17, 15) is 33.4 Å². The first-order valence-corrected chi connectivity index (χ1v) is 23.4. The number of fused-ring (bicyclic) bond motifs is 2. The maximum Gasteiger partial charge on any atom is 0.408 e. The number of alkyl halides is 2. The Balaban J connectivity index is 1.34. The minimum absolute atomic E-state index is 0.0841. The summed E-state index contributed by atoms with van der Waals surface area (Å²) in [6.45, 7) is 18.7. The molecule has 4 aromatic rings. The highest BCUT2D eigenvalue weighted by Crippen LogP contribution is 2.43. The monoisotopic (exact) mass is 932 g/mol. The van der Waals surface area contributed by atoms with Crippen LogP contribution in [0.2, 0.25) is 0 Å². The number of aliphatic hydroxyl groups is 1. The van der Waals surface area contributed by atoms with Crippen LogP contribution in [0.3, 0.4) is 0 Å². The summed E-state index contributed by atoms with van der Waals surface area (Å²) >= 11 is 0. The number of morpholine rings is 1. The van der Waals surface area contributed by atoms with E-state index in [1.807, 2.05) is 45.2 Å². The van der Waals surface area contributed by atoms with Crippen LogP contribution in [0, 0.1) is 5.41 Å². The summed E-state index contributed by atoms with van der Waals surface area (Å²) in [5.74, 6) is -1.75. The molecule has 0 bridgehead atoms. The Morgan fingerprint density at radius 2 is 1.81 bits per heavy atom. The largest absolute Gasteiger partial charge is 0.480 e. The van der Waals surface area contributed by atoms with Crippen molar-refractivity contribution in [2.75, 3.05) is 64.6 Å². The second-order valence-corrected chi connectivity index (χ2v) is 19.8. The number of hydrazine groups is 1. The third-order valence-electron chi connectivity index (χ3n) is 13.0. The lowest BCUT2D eigenvalue weighted by Gasteiger charge is -2.44. The van der Waals surface area contributed by atoms with Gasteiger partial charge in [-0.1, -0.05) is 32.0 Å². The number of nitrogens with one attached hydrogen (secondary N) is 2. The number of carbonyl (C=O) groups excluding carboxylic acids is 2. The van der Waals surface area contributed by atoms with Gasteiger partial charge >= 0.3 is 12.1 Å². The number of carbonyl (C=O) groups is 3. The Labute approximate surface area is 391 Å². The van der Waals surface area contributed by atoms with E-state index >= 15 is 0 Å². The van der Waals surface area contributed by atoms with Gasteiger partial charge < -0.3 is 39.2 Å². The molecular formula is C50H67F2N7O8. The predicted octanol–water partition coefficient (Wildman–Crippen LogP) is 7.13. The molecule has 7 rings (SSSR count). The summed E-state index contributed by atoms with van der Waals surface area (Å²) in [6, 6.07) is 10.6. The summed E-state index contributed by atoms with van der Waals surface area (Å²) in [7, 11) is 1.66. The molecule has 15 nitrogen and oxygen atoms in total. The van der Waals surface area contributed by atoms with E-state index in [0.717, 1.165) is 71.9 Å². The number of methoxy groups -OCH3 is 1. The third kappa shape index (κ3) is 11.4. The minimum atomic E-state index is -2.86. The molecule has 0 radical (unpaired) electrons. The SMILES string of the molecule is CCn1c(-c2cc(N3CCN4CCOC[C@@H]4C3)cnc2[C@H](C)OC)c(CC(C)(C)CO)c2cc(-c3cc(C[C@H](NC(=O)OC(C)(C)C)C(=O)N4CCC[C@@H](C(=O)O)N4)cc(C(F)F)c3)ccc21. The Morgan fingerprint density at radius 1 is 1.03 bits per heavy atom. The quantitative estimate of drug-likeness (QED) is 0.0953. The van der Waals surface area contributed by atoms with Crippen molar-refractivity contribution < 1.29 is 47.6 Å². The van der Waals surface area contributed by atoms with E-state index in [0.29, 0.717) is 49.1 Å². The zero-order valence-electron chi connectivity index (χ0n) is 40.0. The Kier molecular flexibility index (Phi) is 15.3. The topological polar surface area (TPSA) is 171 Å². The van der Waals surface area contributed by atoms with E-state index in [2.05, 4.69) is 38.1 Å². The fourth-order valence-corrected chi connectivity index (χ4v) is 9.52. The summed E-state index contributed by atoms with van der Waals surface area (Å²) in [5.41, 5.74) is 8.00. The lowest BCUT2D eigenvalue weighted by molar-refractivity contribution is -0.147. The first-order chi connectivity index (χ1) is 31.8. The van der Waals surface area contributed by atoms with E-state index in [4.69, 9.17) is 19.2 Å². The van der Waals surface area contributed by atoms with Crippen molar-refractivity contribution in [3.05, 3.63) is 71.0 Å². The molecule has 0 saturated carbocycles. The van der Waals surface area contributed by atoms with Crippen LogP contribution >= 0.6 is 0 Å². The molecule has 2 aromatic carbocycles. The maximum atomic E-state index is 14.9. The number of halogens is 2. The van der Waals surface area contributed by atoms with Gasteiger partial charge in [-0.05, 0) is 106 Å². The van der Waals surface area contributed by atoms with Gasteiger partial charge in [0.15, 0.2) is 0 Å². The molecule has 3 saturated heterocycles. The molecule has 17 heteroatoms. The fourth-order valence-electron chi connectivity index (χ4n) is 9.52. The van der Waals surface area contributed by atoms with Gasteiger partial charge in [0, 0.05) is 81.4 Å². The molecular weight excluding hydrogens is 865 g/mol. The number of aromatic nitrogens is 2. The smallest absolute Gasteiger partial charge is 0.408 e. The van der Waals surface area contributed by atoms with Crippen LogP contribution in [0.1, 0.15) is 96.2 Å². The van der Waals surface area contributed by atoms with Crippen LogP contribution in [-0.4, -0.2) is 131 Å². The molecule has 3 fully saturated rings. The normalized spacial score (nSPS) is 19.3. The lowest BCUT2D eigenvalue weighted by Crippen LogP contribution is -2.60. The van der Waals surface area contributed by atoms with Crippen LogP contribution in [0.25, 0.3) is 33.3 Å². The Morgan fingerprint density at radius 3 is 2.49 bits per heavy atom. The van der Waals surface area contributed by atoms with Crippen molar-refractivity contribution in [3.63, 3.8) is 0 Å². The van der Waals surface area contributed by atoms with Gasteiger partial charge in [-0.2, -0.15) is 0 Å². The molecule has 4 atom stereocenters. The molecule has 0 unspecified atom stereocenters. The van der Waals surface area contributed by atoms with Gasteiger partial charge in [-0.3, -0.25) is 24.5 Å². The first kappa shape index (κ1) is 49.7. The second-order valence-electron chi connectivity index (χ2n) is 19.8. The average molecular weight is 932 g/mol.